The first-order chi connectivity index (χ1) is 21.8. The number of ether oxygens (including phenoxy) is 4. The second kappa shape index (κ2) is 18.0. The van der Waals surface area contributed by atoms with E-state index >= 15 is 0 Å². The number of amides is 3. The lowest BCUT2D eigenvalue weighted by atomic mass is 9.87. The quantitative estimate of drug-likeness (QED) is 0.0668. The van der Waals surface area contributed by atoms with Crippen molar-refractivity contribution in [2.45, 2.75) is 109 Å². The average Bonchev–Trinajstić information content (AvgIpc) is 3.76. The SMILES string of the molecule is CSCC(=O)NCCNC(=O)C[C@@H]1C[C@@]2(CO2)[C@H](O)[C@@H](/C=C/C(C)=C/C[C@@H]2O[C@H](C)[C@H](NC(=O)/C=C\[C@H](C)OC(C)=O)C[C@@H]2C)O1. The van der Waals surface area contributed by atoms with Gasteiger partial charge in [0.25, 0.3) is 0 Å². The molecule has 0 unspecified atom stereocenters. The van der Waals surface area contributed by atoms with Crippen molar-refractivity contribution >= 4 is 35.5 Å². The summed E-state index contributed by atoms with van der Waals surface area (Å²) in [6.45, 7) is 10.2. The molecule has 4 N–H and O–H groups in total. The number of epoxide rings is 1. The molecule has 0 aromatic carbocycles. The van der Waals surface area contributed by atoms with Gasteiger partial charge in [-0.1, -0.05) is 30.7 Å². The Labute approximate surface area is 276 Å². The summed E-state index contributed by atoms with van der Waals surface area (Å²) in [7, 11) is 0. The standard InChI is InChI=1S/C33H51N3O9S/c1-20(7-10-27-21(2)15-26(23(4)44-27)36-29(38)12-9-22(3)43-24(5)37)8-11-28-32(41)33(19-42-33)17-25(45-28)16-30(39)34-13-14-35-31(40)18-46-6/h7-9,11-12,21-23,25-28,32,41H,10,13-19H2,1-6H3,(H,34,39)(H,35,40)(H,36,38)/b11-8+,12-9-,20-7+/t21-,22-,23+,25+,26+,27-,28+,32+,33+/m0/s1. The molecule has 0 aliphatic carbocycles. The van der Waals surface area contributed by atoms with Crippen LogP contribution in [0.3, 0.4) is 0 Å². The first-order valence-corrected chi connectivity index (χ1v) is 17.4. The number of esters is 1. The molecule has 3 fully saturated rings. The summed E-state index contributed by atoms with van der Waals surface area (Å²) in [6, 6.07) is -0.139. The van der Waals surface area contributed by atoms with Gasteiger partial charge in [0.1, 0.15) is 23.9 Å². The maximum atomic E-state index is 12.5. The van der Waals surface area contributed by atoms with E-state index in [0.717, 1.165) is 12.0 Å². The Bertz CT molecular complexity index is 1160. The molecule has 12 nitrogen and oxygen atoms in total. The van der Waals surface area contributed by atoms with Crippen LogP contribution in [0.25, 0.3) is 0 Å². The lowest BCUT2D eigenvalue weighted by Gasteiger charge is -2.39. The molecule has 3 heterocycles. The summed E-state index contributed by atoms with van der Waals surface area (Å²) in [6.07, 6.45) is 10.1. The van der Waals surface area contributed by atoms with Crippen LogP contribution in [0.1, 0.15) is 60.3 Å². The van der Waals surface area contributed by atoms with E-state index < -0.39 is 36.0 Å². The molecule has 0 radical (unpaired) electrons. The second-order valence-electron chi connectivity index (χ2n) is 12.5. The predicted molar refractivity (Wildman–Crippen MR) is 175 cm³/mol. The number of carbonyl (C=O) groups is 4. The van der Waals surface area contributed by atoms with Crippen molar-refractivity contribution in [3.63, 3.8) is 0 Å². The summed E-state index contributed by atoms with van der Waals surface area (Å²) in [5, 5.41) is 19.5. The molecule has 258 valence electrons. The summed E-state index contributed by atoms with van der Waals surface area (Å²) < 4.78 is 23.1. The number of hydrogen-bond donors (Lipinski definition) is 4. The van der Waals surface area contributed by atoms with E-state index in [0.29, 0.717) is 38.3 Å². The van der Waals surface area contributed by atoms with Gasteiger partial charge in [-0.15, -0.1) is 0 Å². The summed E-state index contributed by atoms with van der Waals surface area (Å²) in [5.41, 5.74) is 0.293. The van der Waals surface area contributed by atoms with Crippen LogP contribution >= 0.6 is 11.8 Å². The number of hydrogen-bond acceptors (Lipinski definition) is 10. The summed E-state index contributed by atoms with van der Waals surface area (Å²) in [4.78, 5) is 47.5. The molecular formula is C33H51N3O9S. The van der Waals surface area contributed by atoms with E-state index in [1.165, 1.54) is 24.8 Å². The van der Waals surface area contributed by atoms with Crippen molar-refractivity contribution < 1.29 is 43.2 Å². The highest BCUT2D eigenvalue weighted by molar-refractivity contribution is 7.99. The van der Waals surface area contributed by atoms with Crippen LogP contribution in [0.5, 0.6) is 0 Å². The number of nitrogens with one attached hydrogen (secondary N) is 3. The fourth-order valence-electron chi connectivity index (χ4n) is 5.75. The van der Waals surface area contributed by atoms with Crippen LogP contribution in [0.2, 0.25) is 0 Å². The maximum Gasteiger partial charge on any atom is 0.303 e. The first-order valence-electron chi connectivity index (χ1n) is 16.0. The van der Waals surface area contributed by atoms with Crippen molar-refractivity contribution in [1.29, 1.82) is 0 Å². The Balaban J connectivity index is 1.46. The number of aliphatic hydroxyl groups is 1. The molecule has 13 heteroatoms. The molecule has 0 saturated carbocycles. The van der Waals surface area contributed by atoms with Gasteiger partial charge in [0.05, 0.1) is 43.1 Å². The van der Waals surface area contributed by atoms with Gasteiger partial charge < -0.3 is 40.0 Å². The molecule has 3 rings (SSSR count). The minimum atomic E-state index is -0.836. The van der Waals surface area contributed by atoms with Crippen molar-refractivity contribution in [2.75, 3.05) is 31.7 Å². The van der Waals surface area contributed by atoms with Gasteiger partial charge in [-0.2, -0.15) is 11.8 Å². The van der Waals surface area contributed by atoms with Crippen molar-refractivity contribution in [3.05, 3.63) is 36.0 Å². The highest BCUT2D eigenvalue weighted by atomic mass is 32.2. The average molecular weight is 666 g/mol. The predicted octanol–water partition coefficient (Wildman–Crippen LogP) is 1.96. The Morgan fingerprint density at radius 1 is 1.09 bits per heavy atom. The van der Waals surface area contributed by atoms with E-state index in [-0.39, 0.29) is 48.3 Å². The third kappa shape index (κ3) is 12.1. The molecule has 3 aliphatic rings. The Morgan fingerprint density at radius 3 is 2.43 bits per heavy atom. The largest absolute Gasteiger partial charge is 0.459 e. The highest BCUT2D eigenvalue weighted by Crippen LogP contribution is 2.43. The molecule has 0 aromatic heterocycles. The lowest BCUT2D eigenvalue weighted by Crippen LogP contribution is -2.51. The molecule has 0 aromatic rings. The zero-order valence-corrected chi connectivity index (χ0v) is 28.6. The van der Waals surface area contributed by atoms with Crippen LogP contribution in [0.15, 0.2) is 36.0 Å². The number of thioether (sulfide) groups is 1. The Hall–Kier alpha value is -2.71. The van der Waals surface area contributed by atoms with Crippen LogP contribution < -0.4 is 16.0 Å². The van der Waals surface area contributed by atoms with Gasteiger partial charge in [-0.25, -0.2) is 0 Å². The second-order valence-corrected chi connectivity index (χ2v) is 13.4. The molecule has 0 bridgehead atoms. The van der Waals surface area contributed by atoms with Crippen LogP contribution in [-0.2, 0) is 38.1 Å². The number of aliphatic hydroxyl groups excluding tert-OH is 1. The molecule has 3 saturated heterocycles. The van der Waals surface area contributed by atoms with Crippen LogP contribution in [-0.4, -0.2) is 109 Å². The molecule has 46 heavy (non-hydrogen) atoms. The van der Waals surface area contributed by atoms with E-state index in [4.69, 9.17) is 18.9 Å². The smallest absolute Gasteiger partial charge is 0.303 e. The molecule has 1 spiro atoms. The van der Waals surface area contributed by atoms with Gasteiger partial charge >= 0.3 is 5.97 Å². The third-order valence-corrected chi connectivity index (χ3v) is 8.93. The van der Waals surface area contributed by atoms with Crippen molar-refractivity contribution in [1.82, 2.24) is 16.0 Å². The van der Waals surface area contributed by atoms with Gasteiger partial charge in [0.2, 0.25) is 17.7 Å². The molecule has 3 amide bonds. The van der Waals surface area contributed by atoms with E-state index in [9.17, 15) is 24.3 Å². The van der Waals surface area contributed by atoms with Crippen LogP contribution in [0.4, 0.5) is 0 Å². The van der Waals surface area contributed by atoms with E-state index in [2.05, 4.69) is 29.0 Å². The molecule has 9 atom stereocenters. The first kappa shape index (κ1) is 37.7. The fraction of sp³-hybridized carbons (Fsp3) is 0.697. The van der Waals surface area contributed by atoms with Gasteiger partial charge in [-0.05, 0) is 51.9 Å². The Morgan fingerprint density at radius 2 is 1.78 bits per heavy atom. The maximum absolute atomic E-state index is 12.5. The minimum Gasteiger partial charge on any atom is -0.459 e. The monoisotopic (exact) mass is 665 g/mol. The number of carbonyl (C=O) groups excluding carboxylic acids is 4. The summed E-state index contributed by atoms with van der Waals surface area (Å²) >= 11 is 1.44. The van der Waals surface area contributed by atoms with E-state index in [1.54, 1.807) is 13.0 Å². The number of rotatable bonds is 15. The Kier molecular flexibility index (Phi) is 14.8. The zero-order valence-electron chi connectivity index (χ0n) is 27.8. The van der Waals surface area contributed by atoms with Crippen LogP contribution in [0, 0.1) is 5.92 Å². The third-order valence-electron chi connectivity index (χ3n) is 8.38. The topological polar surface area (TPSA) is 165 Å². The normalized spacial score (nSPS) is 31.9. The van der Waals surface area contributed by atoms with Gasteiger partial charge in [0, 0.05) is 32.5 Å². The van der Waals surface area contributed by atoms with Gasteiger partial charge in [0.15, 0.2) is 0 Å². The van der Waals surface area contributed by atoms with Crippen molar-refractivity contribution in [3.8, 4) is 0 Å². The summed E-state index contributed by atoms with van der Waals surface area (Å²) in [5.74, 6) is -0.327. The van der Waals surface area contributed by atoms with Crippen molar-refractivity contribution in [2.24, 2.45) is 5.92 Å². The van der Waals surface area contributed by atoms with Gasteiger partial charge in [-0.3, -0.25) is 19.2 Å². The lowest BCUT2D eigenvalue weighted by molar-refractivity contribution is -0.145. The molecule has 3 aliphatic heterocycles. The minimum absolute atomic E-state index is 0.0209. The molecular weight excluding hydrogens is 614 g/mol. The highest BCUT2D eigenvalue weighted by Gasteiger charge is 2.58. The zero-order chi connectivity index (χ0) is 33.9. The number of allylic oxidation sites excluding steroid dienone is 2. The van der Waals surface area contributed by atoms with E-state index in [1.807, 2.05) is 32.3 Å². The fourth-order valence-corrected chi connectivity index (χ4v) is 6.12.